The molecule has 0 atom stereocenters. The zero-order chi connectivity index (χ0) is 17.4. The van der Waals surface area contributed by atoms with E-state index < -0.39 is 30.0 Å². The number of carbonyl (C=O) groups excluding carboxylic acids is 1. The molecule has 12 heteroatoms. The summed E-state index contributed by atoms with van der Waals surface area (Å²) in [6, 6.07) is 5.08. The normalized spacial score (nSPS) is 11.3. The summed E-state index contributed by atoms with van der Waals surface area (Å²) in [6.45, 7) is 0.886. The zero-order valence-electron chi connectivity index (χ0n) is 13.7. The van der Waals surface area contributed by atoms with E-state index in [2.05, 4.69) is 0 Å². The molecule has 2 aromatic carbocycles. The minimum Gasteiger partial charge on any atom is -0.744 e. The van der Waals surface area contributed by atoms with Crippen LogP contribution in [0.2, 0.25) is 0 Å². The van der Waals surface area contributed by atoms with Crippen LogP contribution in [0.25, 0.3) is 10.8 Å². The van der Waals surface area contributed by atoms with Gasteiger partial charge in [0.05, 0.1) is 9.79 Å². The van der Waals surface area contributed by atoms with E-state index in [9.17, 15) is 30.7 Å². The predicted octanol–water partition coefficient (Wildman–Crippen LogP) is -5.38. The molecule has 0 bridgehead atoms. The third-order valence-corrected chi connectivity index (χ3v) is 4.51. The number of rotatable bonds is 5. The van der Waals surface area contributed by atoms with E-state index in [0.29, 0.717) is 0 Å². The number of ether oxygens (including phenoxy) is 1. The summed E-state index contributed by atoms with van der Waals surface area (Å²) in [5, 5.41) is 0.267. The molecule has 0 unspecified atom stereocenters. The van der Waals surface area contributed by atoms with Crippen molar-refractivity contribution in [2.75, 3.05) is 6.61 Å². The molecule has 0 radical (unpaired) electrons. The van der Waals surface area contributed by atoms with Crippen LogP contribution in [0.3, 0.4) is 0 Å². The Labute approximate surface area is 189 Å². The van der Waals surface area contributed by atoms with Crippen molar-refractivity contribution < 1.29 is 94.6 Å². The van der Waals surface area contributed by atoms with Gasteiger partial charge in [0.2, 0.25) is 0 Å². The van der Waals surface area contributed by atoms with Crippen LogP contribution < -0.4 is 63.9 Å². The Kier molecular flexibility index (Phi) is 9.26. The average Bonchev–Trinajstić information content (AvgIpc) is 2.41. The molecule has 25 heavy (non-hydrogen) atoms. The van der Waals surface area contributed by atoms with Gasteiger partial charge in [-0.2, -0.15) is 0 Å². The number of Topliss-reactive ketones (excluding diaryl/α,β-unsaturated/α-hetero) is 1. The van der Waals surface area contributed by atoms with Gasteiger partial charge >= 0.3 is 59.1 Å². The van der Waals surface area contributed by atoms with Gasteiger partial charge in [-0.05, 0) is 42.6 Å². The third kappa shape index (κ3) is 6.58. The van der Waals surface area contributed by atoms with E-state index in [0.717, 1.165) is 24.3 Å². The molecule has 0 heterocycles. The second-order valence-electron chi connectivity index (χ2n) is 4.70. The van der Waals surface area contributed by atoms with Crippen LogP contribution in [0.5, 0.6) is 5.75 Å². The molecule has 0 spiro atoms. The topological polar surface area (TPSA) is 141 Å². The van der Waals surface area contributed by atoms with Crippen LogP contribution in [0.15, 0.2) is 40.1 Å². The molecule has 124 valence electrons. The van der Waals surface area contributed by atoms with Crippen molar-refractivity contribution in [1.82, 2.24) is 0 Å². The minimum absolute atomic E-state index is 0. The van der Waals surface area contributed by atoms with Crippen molar-refractivity contribution in [3.8, 4) is 5.75 Å². The Balaban J connectivity index is 0.00000288. The maximum Gasteiger partial charge on any atom is 1.00 e. The summed E-state index contributed by atoms with van der Waals surface area (Å²) in [5.74, 6) is -0.422. The zero-order valence-corrected chi connectivity index (χ0v) is 19.3. The van der Waals surface area contributed by atoms with E-state index >= 15 is 0 Å². The van der Waals surface area contributed by atoms with Crippen LogP contribution in [0.4, 0.5) is 0 Å². The first-order valence-corrected chi connectivity index (χ1v) is 8.92. The van der Waals surface area contributed by atoms with E-state index in [-0.39, 0.29) is 88.0 Å². The van der Waals surface area contributed by atoms with Crippen molar-refractivity contribution in [3.05, 3.63) is 30.3 Å². The maximum absolute atomic E-state index is 11.2. The van der Waals surface area contributed by atoms with Gasteiger partial charge in [0.15, 0.2) is 5.78 Å². The first kappa shape index (κ1) is 25.0. The first-order chi connectivity index (χ1) is 10.5. The Hall–Kier alpha value is -0.01000. The van der Waals surface area contributed by atoms with E-state index in [1.807, 2.05) is 0 Å². The first-order valence-electron chi connectivity index (χ1n) is 6.10. The summed E-state index contributed by atoms with van der Waals surface area (Å²) < 4.78 is 71.9. The fraction of sp³-hybridized carbons (Fsp3) is 0.154. The van der Waals surface area contributed by atoms with E-state index in [1.165, 1.54) is 13.0 Å². The van der Waals surface area contributed by atoms with Crippen molar-refractivity contribution in [3.63, 3.8) is 0 Å². The van der Waals surface area contributed by atoms with Gasteiger partial charge in [0.25, 0.3) is 0 Å². The summed E-state index contributed by atoms with van der Waals surface area (Å²) in [4.78, 5) is 9.75. The number of hydrogen-bond acceptors (Lipinski definition) is 8. The van der Waals surface area contributed by atoms with Crippen LogP contribution >= 0.6 is 0 Å². The molecule has 0 aromatic heterocycles. The number of ketones is 1. The summed E-state index contributed by atoms with van der Waals surface area (Å²) in [7, 11) is -9.60. The average molecular weight is 404 g/mol. The second kappa shape index (κ2) is 9.27. The molecule has 0 aliphatic rings. The van der Waals surface area contributed by atoms with E-state index in [4.69, 9.17) is 4.74 Å². The standard InChI is InChI=1S/C13H12O8S2.2Na/c1-8(14)7-21-13-6-11(23(18,19)20)5-9-4-10(22(15,16)17)2-3-12(9)13;;/h2-6H,7H2,1H3,(H,15,16,17)(H,18,19,20);;/q;2*+1/p-2. The Morgan fingerprint density at radius 1 is 0.960 bits per heavy atom. The SMILES string of the molecule is CC(=O)COc1cc(S(=O)(=O)[O-])cc2cc(S(=O)(=O)[O-])ccc12.[Na+].[Na+]. The number of carbonyl (C=O) groups is 1. The van der Waals surface area contributed by atoms with E-state index in [1.54, 1.807) is 0 Å². The van der Waals surface area contributed by atoms with Gasteiger partial charge in [0.1, 0.15) is 32.6 Å². The molecule has 0 fully saturated rings. The van der Waals surface area contributed by atoms with Crippen LogP contribution in [0, 0.1) is 0 Å². The molecular formula is C13H10Na2O8S2. The Morgan fingerprint density at radius 3 is 1.96 bits per heavy atom. The van der Waals surface area contributed by atoms with Gasteiger partial charge in [0, 0.05) is 5.39 Å². The molecule has 2 rings (SSSR count). The fourth-order valence-corrected chi connectivity index (χ4v) is 2.91. The largest absolute Gasteiger partial charge is 1.00 e. The molecule has 0 N–H and O–H groups in total. The molecule has 8 nitrogen and oxygen atoms in total. The Morgan fingerprint density at radius 2 is 1.48 bits per heavy atom. The minimum atomic E-state index is -4.85. The van der Waals surface area contributed by atoms with Gasteiger partial charge in [-0.3, -0.25) is 4.79 Å². The molecule has 0 saturated carbocycles. The van der Waals surface area contributed by atoms with Gasteiger partial charge in [-0.1, -0.05) is 0 Å². The molecule has 0 aliphatic carbocycles. The van der Waals surface area contributed by atoms with Crippen molar-refractivity contribution in [2.45, 2.75) is 16.7 Å². The Bertz CT molecular complexity index is 995. The quantitative estimate of drug-likeness (QED) is 0.355. The number of fused-ring (bicyclic) bond motifs is 1. The number of hydrogen-bond donors (Lipinski definition) is 0. The van der Waals surface area contributed by atoms with Crippen molar-refractivity contribution in [1.29, 1.82) is 0 Å². The van der Waals surface area contributed by atoms with Crippen LogP contribution in [-0.2, 0) is 25.0 Å². The molecule has 0 aliphatic heterocycles. The smallest absolute Gasteiger partial charge is 0.744 e. The monoisotopic (exact) mass is 404 g/mol. The van der Waals surface area contributed by atoms with Crippen molar-refractivity contribution in [2.24, 2.45) is 0 Å². The van der Waals surface area contributed by atoms with Gasteiger partial charge in [-0.15, -0.1) is 0 Å². The van der Waals surface area contributed by atoms with Gasteiger partial charge in [-0.25, -0.2) is 16.8 Å². The molecule has 0 saturated heterocycles. The summed E-state index contributed by atoms with van der Waals surface area (Å²) in [6.07, 6.45) is 0. The summed E-state index contributed by atoms with van der Waals surface area (Å²) in [5.41, 5.74) is 0. The third-order valence-electron chi connectivity index (χ3n) is 2.87. The second-order valence-corrected chi connectivity index (χ2v) is 7.46. The van der Waals surface area contributed by atoms with Crippen molar-refractivity contribution >= 4 is 36.8 Å². The summed E-state index contributed by atoms with van der Waals surface area (Å²) >= 11 is 0. The molecule has 2 aromatic rings. The van der Waals surface area contributed by atoms with Gasteiger partial charge < -0.3 is 13.8 Å². The molecular weight excluding hydrogens is 394 g/mol. The predicted molar refractivity (Wildman–Crippen MR) is 76.1 cm³/mol. The fourth-order valence-electron chi connectivity index (χ4n) is 1.89. The van der Waals surface area contributed by atoms with Crippen LogP contribution in [-0.4, -0.2) is 38.3 Å². The maximum atomic E-state index is 11.2. The molecule has 0 amide bonds. The van der Waals surface area contributed by atoms with Crippen LogP contribution in [0.1, 0.15) is 6.92 Å². The number of benzene rings is 2.